The van der Waals surface area contributed by atoms with E-state index in [4.69, 9.17) is 4.84 Å². The van der Waals surface area contributed by atoms with Crippen LogP contribution in [0.3, 0.4) is 0 Å². The van der Waals surface area contributed by atoms with Crippen molar-refractivity contribution in [3.63, 3.8) is 0 Å². The van der Waals surface area contributed by atoms with E-state index >= 15 is 0 Å². The fourth-order valence-electron chi connectivity index (χ4n) is 1.30. The van der Waals surface area contributed by atoms with E-state index in [-0.39, 0.29) is 0 Å². The molecule has 0 radical (unpaired) electrons. The minimum atomic E-state index is 0.548. The Morgan fingerprint density at radius 3 is 2.81 bits per heavy atom. The van der Waals surface area contributed by atoms with Gasteiger partial charge in [0.05, 0.1) is 25.0 Å². The van der Waals surface area contributed by atoms with Crippen molar-refractivity contribution in [1.82, 2.24) is 20.5 Å². The Hall–Kier alpha value is -1.72. The third-order valence-corrected chi connectivity index (χ3v) is 2.25. The van der Waals surface area contributed by atoms with Gasteiger partial charge in [-0.15, -0.1) is 5.10 Å². The van der Waals surface area contributed by atoms with Crippen molar-refractivity contribution in [1.29, 1.82) is 0 Å². The maximum absolute atomic E-state index is 5.33. The highest BCUT2D eigenvalue weighted by molar-refractivity contribution is 5.13. The van der Waals surface area contributed by atoms with Crippen LogP contribution in [0.25, 0.3) is 0 Å². The van der Waals surface area contributed by atoms with E-state index in [1.807, 2.05) is 37.4 Å². The van der Waals surface area contributed by atoms with Gasteiger partial charge in [0.2, 0.25) is 0 Å². The summed E-state index contributed by atoms with van der Waals surface area (Å²) in [5.41, 5.74) is 4.99. The predicted molar refractivity (Wildman–Crippen MR) is 59.1 cm³/mol. The maximum Gasteiger partial charge on any atom is 0.0933 e. The molecule has 5 nitrogen and oxygen atoms in total. The van der Waals surface area contributed by atoms with Gasteiger partial charge in [0, 0.05) is 7.05 Å². The van der Waals surface area contributed by atoms with Crippen LogP contribution in [0.5, 0.6) is 0 Å². The molecule has 0 bridgehead atoms. The zero-order valence-corrected chi connectivity index (χ0v) is 9.13. The van der Waals surface area contributed by atoms with Crippen molar-refractivity contribution in [2.24, 2.45) is 7.05 Å². The van der Waals surface area contributed by atoms with Gasteiger partial charge in [-0.3, -0.25) is 9.52 Å². The highest BCUT2D eigenvalue weighted by Crippen LogP contribution is 1.99. The number of rotatable bonds is 5. The second-order valence-electron chi connectivity index (χ2n) is 3.44. The van der Waals surface area contributed by atoms with Crippen LogP contribution in [-0.4, -0.2) is 15.0 Å². The van der Waals surface area contributed by atoms with Crippen LogP contribution >= 0.6 is 0 Å². The Morgan fingerprint density at radius 1 is 1.31 bits per heavy atom. The topological polar surface area (TPSA) is 52.0 Å². The number of benzene rings is 1. The van der Waals surface area contributed by atoms with E-state index < -0.39 is 0 Å². The minimum absolute atomic E-state index is 0.548. The molecule has 1 N–H and O–H groups in total. The quantitative estimate of drug-likeness (QED) is 0.601. The number of aryl methyl sites for hydroxylation is 1. The third-order valence-electron chi connectivity index (χ3n) is 2.25. The summed E-state index contributed by atoms with van der Waals surface area (Å²) in [7, 11) is 1.85. The van der Waals surface area contributed by atoms with Crippen LogP contribution in [0, 0.1) is 0 Å². The zero-order valence-electron chi connectivity index (χ0n) is 9.13. The van der Waals surface area contributed by atoms with Gasteiger partial charge in [-0.2, -0.15) is 5.48 Å². The molecule has 0 unspecified atom stereocenters. The van der Waals surface area contributed by atoms with E-state index in [1.54, 1.807) is 10.9 Å². The average Bonchev–Trinajstić information content (AvgIpc) is 2.72. The molecule has 0 aliphatic heterocycles. The lowest BCUT2D eigenvalue weighted by Gasteiger charge is -2.05. The third kappa shape index (κ3) is 2.88. The molecule has 1 aromatic heterocycles. The van der Waals surface area contributed by atoms with Gasteiger partial charge in [0.1, 0.15) is 0 Å². The van der Waals surface area contributed by atoms with Crippen molar-refractivity contribution in [3.05, 3.63) is 47.8 Å². The summed E-state index contributed by atoms with van der Waals surface area (Å²) in [5.74, 6) is 0. The van der Waals surface area contributed by atoms with Gasteiger partial charge in [-0.1, -0.05) is 35.5 Å². The molecule has 0 aliphatic carbocycles. The van der Waals surface area contributed by atoms with Crippen LogP contribution in [0.4, 0.5) is 0 Å². The van der Waals surface area contributed by atoms with Gasteiger partial charge in [0.25, 0.3) is 0 Å². The zero-order chi connectivity index (χ0) is 11.2. The minimum Gasteiger partial charge on any atom is -0.297 e. The molecule has 0 saturated carbocycles. The lowest BCUT2D eigenvalue weighted by atomic mass is 10.2. The Bertz CT molecular complexity index is 427. The molecule has 0 fully saturated rings. The van der Waals surface area contributed by atoms with Crippen molar-refractivity contribution in [2.45, 2.75) is 13.2 Å². The summed E-state index contributed by atoms with van der Waals surface area (Å²) in [5, 5.41) is 7.60. The van der Waals surface area contributed by atoms with Gasteiger partial charge in [-0.25, -0.2) is 0 Å². The molecule has 84 valence electrons. The molecule has 2 rings (SSSR count). The van der Waals surface area contributed by atoms with Gasteiger partial charge in [0.15, 0.2) is 0 Å². The second kappa shape index (κ2) is 5.39. The summed E-state index contributed by atoms with van der Waals surface area (Å²) < 4.78 is 1.71. The largest absolute Gasteiger partial charge is 0.297 e. The molecule has 0 saturated heterocycles. The summed E-state index contributed by atoms with van der Waals surface area (Å²) in [4.78, 5) is 5.33. The molecule has 0 spiro atoms. The highest BCUT2D eigenvalue weighted by atomic mass is 16.6. The van der Waals surface area contributed by atoms with Gasteiger partial charge >= 0.3 is 0 Å². The van der Waals surface area contributed by atoms with Crippen LogP contribution in [0.1, 0.15) is 11.3 Å². The Labute approximate surface area is 94.0 Å². The van der Waals surface area contributed by atoms with E-state index in [9.17, 15) is 0 Å². The normalized spacial score (nSPS) is 10.6. The predicted octanol–water partition coefficient (Wildman–Crippen LogP) is 1.04. The first kappa shape index (κ1) is 10.8. The fraction of sp³-hybridized carbons (Fsp3) is 0.273. The molecule has 0 atom stereocenters. The Morgan fingerprint density at radius 2 is 2.12 bits per heavy atom. The monoisotopic (exact) mass is 218 g/mol. The van der Waals surface area contributed by atoms with Crippen LogP contribution in [0.15, 0.2) is 36.5 Å². The fourth-order valence-corrected chi connectivity index (χ4v) is 1.30. The van der Waals surface area contributed by atoms with E-state index in [0.29, 0.717) is 13.2 Å². The number of aromatic nitrogens is 3. The molecule has 0 amide bonds. The van der Waals surface area contributed by atoms with Crippen LogP contribution in [0.2, 0.25) is 0 Å². The van der Waals surface area contributed by atoms with Crippen molar-refractivity contribution >= 4 is 0 Å². The second-order valence-corrected chi connectivity index (χ2v) is 3.44. The molecule has 1 heterocycles. The number of nitrogens with one attached hydrogen (secondary N) is 1. The lowest BCUT2D eigenvalue weighted by molar-refractivity contribution is 0.0223. The molecule has 0 aliphatic rings. The molecule has 1 aromatic carbocycles. The van der Waals surface area contributed by atoms with E-state index in [1.165, 1.54) is 0 Å². The summed E-state index contributed by atoms with van der Waals surface area (Å²) >= 11 is 0. The Balaban J connectivity index is 1.72. The first-order chi connectivity index (χ1) is 7.86. The first-order valence-electron chi connectivity index (χ1n) is 5.08. The number of nitrogens with zero attached hydrogens (tertiary/aromatic N) is 3. The number of hydrogen-bond acceptors (Lipinski definition) is 4. The molecule has 5 heteroatoms. The number of hydrogen-bond donors (Lipinski definition) is 1. The van der Waals surface area contributed by atoms with Crippen LogP contribution < -0.4 is 5.48 Å². The van der Waals surface area contributed by atoms with Crippen LogP contribution in [-0.2, 0) is 25.0 Å². The number of hydroxylamine groups is 1. The molecular formula is C11H14N4O. The smallest absolute Gasteiger partial charge is 0.0933 e. The first-order valence-corrected chi connectivity index (χ1v) is 5.08. The summed E-state index contributed by atoms with van der Waals surface area (Å²) in [6, 6.07) is 10.0. The van der Waals surface area contributed by atoms with E-state index in [2.05, 4.69) is 15.8 Å². The molecule has 16 heavy (non-hydrogen) atoms. The standard InChI is InChI=1S/C11H14N4O/c1-15-11(7-12-14-15)8-13-16-9-10-5-3-2-4-6-10/h2-7,13H,8-9H2,1H3. The van der Waals surface area contributed by atoms with E-state index in [0.717, 1.165) is 11.3 Å². The SMILES string of the molecule is Cn1nncc1CNOCc1ccccc1. The summed E-state index contributed by atoms with van der Waals surface area (Å²) in [6.45, 7) is 1.14. The Kier molecular flexibility index (Phi) is 3.63. The van der Waals surface area contributed by atoms with Crippen molar-refractivity contribution in [3.8, 4) is 0 Å². The van der Waals surface area contributed by atoms with Gasteiger partial charge < -0.3 is 0 Å². The molecular weight excluding hydrogens is 204 g/mol. The highest BCUT2D eigenvalue weighted by Gasteiger charge is 1.98. The summed E-state index contributed by atoms with van der Waals surface area (Å²) in [6.07, 6.45) is 1.71. The molecule has 2 aromatic rings. The lowest BCUT2D eigenvalue weighted by Crippen LogP contribution is -2.16. The average molecular weight is 218 g/mol. The van der Waals surface area contributed by atoms with Crippen molar-refractivity contribution < 1.29 is 4.84 Å². The van der Waals surface area contributed by atoms with Crippen molar-refractivity contribution in [2.75, 3.05) is 0 Å². The maximum atomic E-state index is 5.33. The van der Waals surface area contributed by atoms with Gasteiger partial charge in [-0.05, 0) is 5.56 Å².